The Morgan fingerprint density at radius 3 is 2.38 bits per heavy atom. The average molecular weight is 224 g/mol. The van der Waals surface area contributed by atoms with Gasteiger partial charge in [-0.05, 0) is 47.0 Å². The highest BCUT2D eigenvalue weighted by Gasteiger charge is 2.01. The van der Waals surface area contributed by atoms with E-state index in [0.29, 0.717) is 13.0 Å². The van der Waals surface area contributed by atoms with E-state index < -0.39 is 0 Å². The van der Waals surface area contributed by atoms with Gasteiger partial charge in [-0.15, -0.1) is 0 Å². The molecule has 0 N–H and O–H groups in total. The van der Waals surface area contributed by atoms with Crippen LogP contribution < -0.4 is 0 Å². The molecule has 0 bridgehead atoms. The molecule has 0 amide bonds. The Morgan fingerprint density at radius 1 is 1.12 bits per heavy atom. The van der Waals surface area contributed by atoms with E-state index in [1.807, 2.05) is 6.92 Å². The first-order valence-corrected chi connectivity index (χ1v) is 6.03. The van der Waals surface area contributed by atoms with Crippen molar-refractivity contribution < 1.29 is 9.53 Å². The van der Waals surface area contributed by atoms with E-state index in [-0.39, 0.29) is 5.97 Å². The normalized spacial score (nSPS) is 12.8. The summed E-state index contributed by atoms with van der Waals surface area (Å²) in [6.45, 7) is 8.58. The van der Waals surface area contributed by atoms with Crippen molar-refractivity contribution in [1.29, 1.82) is 0 Å². The van der Waals surface area contributed by atoms with Crippen LogP contribution in [0, 0.1) is 0 Å². The van der Waals surface area contributed by atoms with Gasteiger partial charge in [0, 0.05) is 6.42 Å². The number of esters is 1. The lowest BCUT2D eigenvalue weighted by Crippen LogP contribution is -2.03. The van der Waals surface area contributed by atoms with Crippen molar-refractivity contribution in [2.45, 2.75) is 53.4 Å². The van der Waals surface area contributed by atoms with Crippen LogP contribution in [0.5, 0.6) is 0 Å². The highest BCUT2D eigenvalue weighted by molar-refractivity contribution is 5.69. The molecule has 0 rings (SSSR count). The van der Waals surface area contributed by atoms with Crippen LogP contribution in [-0.2, 0) is 9.53 Å². The summed E-state index contributed by atoms with van der Waals surface area (Å²) in [6.07, 6.45) is 7.83. The molecule has 0 fully saturated rings. The van der Waals surface area contributed by atoms with E-state index >= 15 is 0 Å². The summed E-state index contributed by atoms with van der Waals surface area (Å²) in [5, 5.41) is 0. The molecule has 0 heterocycles. The molecule has 0 aromatic carbocycles. The molecule has 0 radical (unpaired) electrons. The van der Waals surface area contributed by atoms with Gasteiger partial charge in [-0.25, -0.2) is 0 Å². The molecule has 0 aromatic heterocycles. The SMILES string of the molecule is CC=C(C)CCC=C(C)CCC(=O)OCC. The van der Waals surface area contributed by atoms with Crippen LogP contribution in [0.4, 0.5) is 0 Å². The lowest BCUT2D eigenvalue weighted by molar-refractivity contribution is -0.143. The molecule has 0 saturated heterocycles. The van der Waals surface area contributed by atoms with Gasteiger partial charge in [-0.1, -0.05) is 23.3 Å². The van der Waals surface area contributed by atoms with Crippen molar-refractivity contribution in [2.75, 3.05) is 6.61 Å². The third-order valence-corrected chi connectivity index (χ3v) is 2.55. The molecule has 0 atom stereocenters. The Kier molecular flexibility index (Phi) is 8.59. The summed E-state index contributed by atoms with van der Waals surface area (Å²) >= 11 is 0. The van der Waals surface area contributed by atoms with Crippen LogP contribution in [-0.4, -0.2) is 12.6 Å². The number of carbonyl (C=O) groups excluding carboxylic acids is 1. The Hall–Kier alpha value is -1.05. The van der Waals surface area contributed by atoms with Crippen LogP contribution in [0.3, 0.4) is 0 Å². The van der Waals surface area contributed by atoms with Crippen LogP contribution in [0.15, 0.2) is 23.3 Å². The molecule has 92 valence electrons. The first-order chi connectivity index (χ1) is 7.60. The van der Waals surface area contributed by atoms with Crippen molar-refractivity contribution >= 4 is 5.97 Å². The Bertz CT molecular complexity index is 262. The van der Waals surface area contributed by atoms with Gasteiger partial charge in [0.25, 0.3) is 0 Å². The second-order valence-corrected chi connectivity index (χ2v) is 4.03. The van der Waals surface area contributed by atoms with Gasteiger partial charge in [-0.2, -0.15) is 0 Å². The number of ether oxygens (including phenoxy) is 1. The molecule has 0 aliphatic carbocycles. The summed E-state index contributed by atoms with van der Waals surface area (Å²) in [5.74, 6) is -0.0973. The van der Waals surface area contributed by atoms with Gasteiger partial charge < -0.3 is 4.74 Å². The standard InChI is InChI=1S/C14H24O2/c1-5-12(3)8-7-9-13(4)10-11-14(15)16-6-2/h5,9H,6-8,10-11H2,1-4H3. The van der Waals surface area contributed by atoms with Gasteiger partial charge in [-0.3, -0.25) is 4.79 Å². The fourth-order valence-electron chi connectivity index (χ4n) is 1.33. The highest BCUT2D eigenvalue weighted by atomic mass is 16.5. The largest absolute Gasteiger partial charge is 0.466 e. The van der Waals surface area contributed by atoms with E-state index in [4.69, 9.17) is 4.74 Å². The number of rotatable bonds is 7. The maximum atomic E-state index is 11.1. The minimum absolute atomic E-state index is 0.0973. The molecule has 2 heteroatoms. The highest BCUT2D eigenvalue weighted by Crippen LogP contribution is 2.10. The average Bonchev–Trinajstić information content (AvgIpc) is 2.26. The molecule has 0 aliphatic rings. The summed E-state index contributed by atoms with van der Waals surface area (Å²) in [7, 11) is 0. The fraction of sp³-hybridized carbons (Fsp3) is 0.643. The van der Waals surface area contributed by atoms with Crippen molar-refractivity contribution in [2.24, 2.45) is 0 Å². The van der Waals surface area contributed by atoms with Crippen molar-refractivity contribution in [3.63, 3.8) is 0 Å². The van der Waals surface area contributed by atoms with Crippen molar-refractivity contribution in [3.05, 3.63) is 23.3 Å². The van der Waals surface area contributed by atoms with Crippen LogP contribution in [0.1, 0.15) is 53.4 Å². The topological polar surface area (TPSA) is 26.3 Å². The maximum Gasteiger partial charge on any atom is 0.306 e. The van der Waals surface area contributed by atoms with Crippen LogP contribution in [0.25, 0.3) is 0 Å². The molecule has 16 heavy (non-hydrogen) atoms. The number of allylic oxidation sites excluding steroid dienone is 4. The minimum Gasteiger partial charge on any atom is -0.466 e. The summed E-state index contributed by atoms with van der Waals surface area (Å²) in [6, 6.07) is 0. The Labute approximate surface area is 99.4 Å². The summed E-state index contributed by atoms with van der Waals surface area (Å²) < 4.78 is 4.88. The van der Waals surface area contributed by atoms with Gasteiger partial charge in [0.05, 0.1) is 6.61 Å². The van der Waals surface area contributed by atoms with Crippen molar-refractivity contribution in [1.82, 2.24) is 0 Å². The predicted octanol–water partition coefficient (Wildman–Crippen LogP) is 4.02. The second kappa shape index (κ2) is 9.20. The van der Waals surface area contributed by atoms with Gasteiger partial charge in [0.2, 0.25) is 0 Å². The van der Waals surface area contributed by atoms with E-state index in [1.165, 1.54) is 11.1 Å². The first kappa shape index (κ1) is 14.9. The summed E-state index contributed by atoms with van der Waals surface area (Å²) in [4.78, 5) is 11.1. The lowest BCUT2D eigenvalue weighted by atomic mass is 10.1. The number of carbonyl (C=O) groups is 1. The number of hydrogen-bond donors (Lipinski definition) is 0. The maximum absolute atomic E-state index is 11.1. The quantitative estimate of drug-likeness (QED) is 0.482. The van der Waals surface area contributed by atoms with Crippen LogP contribution in [0.2, 0.25) is 0 Å². The molecular weight excluding hydrogens is 200 g/mol. The van der Waals surface area contributed by atoms with Gasteiger partial charge in [0.1, 0.15) is 0 Å². The van der Waals surface area contributed by atoms with E-state index in [0.717, 1.165) is 19.3 Å². The molecule has 0 unspecified atom stereocenters. The Morgan fingerprint density at radius 2 is 1.81 bits per heavy atom. The lowest BCUT2D eigenvalue weighted by Gasteiger charge is -2.02. The smallest absolute Gasteiger partial charge is 0.306 e. The zero-order valence-electron chi connectivity index (χ0n) is 11.0. The van der Waals surface area contributed by atoms with Crippen LogP contribution >= 0.6 is 0 Å². The molecule has 0 aromatic rings. The molecule has 0 saturated carbocycles. The van der Waals surface area contributed by atoms with Gasteiger partial charge in [0.15, 0.2) is 0 Å². The third kappa shape index (κ3) is 8.27. The zero-order chi connectivity index (χ0) is 12.4. The van der Waals surface area contributed by atoms with E-state index in [2.05, 4.69) is 32.9 Å². The second-order valence-electron chi connectivity index (χ2n) is 4.03. The number of hydrogen-bond acceptors (Lipinski definition) is 2. The molecule has 2 nitrogen and oxygen atoms in total. The first-order valence-electron chi connectivity index (χ1n) is 6.03. The van der Waals surface area contributed by atoms with E-state index in [9.17, 15) is 4.79 Å². The fourth-order valence-corrected chi connectivity index (χ4v) is 1.33. The Balaban J connectivity index is 3.75. The van der Waals surface area contributed by atoms with Gasteiger partial charge >= 0.3 is 5.97 Å². The molecule has 0 spiro atoms. The summed E-state index contributed by atoms with van der Waals surface area (Å²) in [5.41, 5.74) is 2.69. The third-order valence-electron chi connectivity index (χ3n) is 2.55. The van der Waals surface area contributed by atoms with E-state index in [1.54, 1.807) is 0 Å². The van der Waals surface area contributed by atoms with Crippen molar-refractivity contribution in [3.8, 4) is 0 Å². The molecular formula is C14H24O2. The monoisotopic (exact) mass is 224 g/mol. The molecule has 0 aliphatic heterocycles. The zero-order valence-corrected chi connectivity index (χ0v) is 11.0. The minimum atomic E-state index is -0.0973. The predicted molar refractivity (Wildman–Crippen MR) is 68.3 cm³/mol.